The molecule has 0 heterocycles. The summed E-state index contributed by atoms with van der Waals surface area (Å²) in [5.74, 6) is 3.80. The van der Waals surface area contributed by atoms with Crippen LogP contribution in [-0.2, 0) is 0 Å². The molecular formula is C19H27NO. The minimum Gasteiger partial charge on any atom is -0.496 e. The number of methoxy groups -OCH3 is 1. The fraction of sp³-hybridized carbons (Fsp3) is 0.684. The molecule has 4 bridgehead atoms. The van der Waals surface area contributed by atoms with Crippen LogP contribution in [0.4, 0.5) is 0 Å². The van der Waals surface area contributed by atoms with Gasteiger partial charge in [-0.1, -0.05) is 17.7 Å². The van der Waals surface area contributed by atoms with Crippen LogP contribution < -0.4 is 10.5 Å². The monoisotopic (exact) mass is 285 g/mol. The minimum absolute atomic E-state index is 0.140. The lowest BCUT2D eigenvalue weighted by Gasteiger charge is -2.59. The second-order valence-electron chi connectivity index (χ2n) is 8.00. The summed E-state index contributed by atoms with van der Waals surface area (Å²) in [6.07, 6.45) is 8.44. The Morgan fingerprint density at radius 3 is 2.19 bits per heavy atom. The van der Waals surface area contributed by atoms with E-state index >= 15 is 0 Å². The van der Waals surface area contributed by atoms with Gasteiger partial charge in [0.15, 0.2) is 0 Å². The Hall–Kier alpha value is -1.02. The molecule has 0 spiro atoms. The lowest BCUT2D eigenvalue weighted by molar-refractivity contribution is -0.0680. The molecular weight excluding hydrogens is 258 g/mol. The Labute approximate surface area is 128 Å². The number of hydrogen-bond donors (Lipinski definition) is 1. The maximum atomic E-state index is 6.86. The van der Waals surface area contributed by atoms with Gasteiger partial charge in [0.25, 0.3) is 0 Å². The third-order valence-electron chi connectivity index (χ3n) is 6.47. The number of hydrogen-bond acceptors (Lipinski definition) is 2. The first kappa shape index (κ1) is 13.6. The normalized spacial score (nSPS) is 38.5. The summed E-state index contributed by atoms with van der Waals surface area (Å²) in [6, 6.07) is 6.60. The van der Waals surface area contributed by atoms with Gasteiger partial charge < -0.3 is 10.5 Å². The van der Waals surface area contributed by atoms with E-state index in [1.807, 2.05) is 0 Å². The van der Waals surface area contributed by atoms with Gasteiger partial charge in [0, 0.05) is 11.6 Å². The van der Waals surface area contributed by atoms with Crippen LogP contribution in [0.25, 0.3) is 0 Å². The lowest BCUT2D eigenvalue weighted by Crippen LogP contribution is -2.50. The zero-order chi connectivity index (χ0) is 14.6. The molecule has 0 aliphatic heterocycles. The molecule has 4 fully saturated rings. The summed E-state index contributed by atoms with van der Waals surface area (Å²) in [7, 11) is 1.76. The number of ether oxygens (including phenoxy) is 1. The van der Waals surface area contributed by atoms with Gasteiger partial charge in [-0.3, -0.25) is 0 Å². The highest BCUT2D eigenvalue weighted by atomic mass is 16.5. The molecule has 2 N–H and O–H groups in total. The first-order chi connectivity index (χ1) is 10.1. The lowest BCUT2D eigenvalue weighted by atomic mass is 9.47. The second kappa shape index (κ2) is 4.74. The van der Waals surface area contributed by atoms with Crippen molar-refractivity contribution in [1.82, 2.24) is 0 Å². The van der Waals surface area contributed by atoms with Crippen molar-refractivity contribution >= 4 is 0 Å². The third-order valence-corrected chi connectivity index (χ3v) is 6.47. The molecule has 0 aromatic heterocycles. The fourth-order valence-electron chi connectivity index (χ4n) is 5.99. The number of rotatable bonds is 3. The largest absolute Gasteiger partial charge is 0.496 e. The summed E-state index contributed by atoms with van der Waals surface area (Å²) in [4.78, 5) is 0. The Morgan fingerprint density at radius 1 is 1.10 bits per heavy atom. The average molecular weight is 285 g/mol. The maximum Gasteiger partial charge on any atom is 0.123 e. The van der Waals surface area contributed by atoms with E-state index in [0.717, 1.165) is 23.5 Å². The van der Waals surface area contributed by atoms with Crippen molar-refractivity contribution < 1.29 is 4.74 Å². The highest BCUT2D eigenvalue weighted by Crippen LogP contribution is 2.63. The first-order valence-corrected chi connectivity index (χ1v) is 8.50. The Bertz CT molecular complexity index is 515. The van der Waals surface area contributed by atoms with Crippen LogP contribution >= 0.6 is 0 Å². The van der Waals surface area contributed by atoms with Gasteiger partial charge in [0.2, 0.25) is 0 Å². The quantitative estimate of drug-likeness (QED) is 0.902. The van der Waals surface area contributed by atoms with Crippen LogP contribution in [-0.4, -0.2) is 7.11 Å². The van der Waals surface area contributed by atoms with Crippen LogP contribution in [0.2, 0.25) is 0 Å². The van der Waals surface area contributed by atoms with Crippen LogP contribution in [0, 0.1) is 30.1 Å². The minimum atomic E-state index is 0.140. The number of aryl methyl sites for hydroxylation is 1. The van der Waals surface area contributed by atoms with E-state index in [1.165, 1.54) is 49.7 Å². The van der Waals surface area contributed by atoms with Crippen molar-refractivity contribution in [2.75, 3.05) is 7.11 Å². The molecule has 0 saturated heterocycles. The fourth-order valence-corrected chi connectivity index (χ4v) is 5.99. The molecule has 2 nitrogen and oxygen atoms in total. The zero-order valence-electron chi connectivity index (χ0n) is 13.3. The highest BCUT2D eigenvalue weighted by molar-refractivity contribution is 5.40. The van der Waals surface area contributed by atoms with Gasteiger partial charge in [0.1, 0.15) is 5.75 Å². The third kappa shape index (κ3) is 2.11. The molecule has 114 valence electrons. The summed E-state index contributed by atoms with van der Waals surface area (Å²) in [6.45, 7) is 2.15. The van der Waals surface area contributed by atoms with E-state index in [-0.39, 0.29) is 6.04 Å². The molecule has 2 heteroatoms. The van der Waals surface area contributed by atoms with Crippen LogP contribution in [0.3, 0.4) is 0 Å². The van der Waals surface area contributed by atoms with Crippen LogP contribution in [0.1, 0.15) is 55.7 Å². The second-order valence-corrected chi connectivity index (χ2v) is 8.00. The van der Waals surface area contributed by atoms with Crippen LogP contribution in [0.5, 0.6) is 5.75 Å². The van der Waals surface area contributed by atoms with E-state index in [4.69, 9.17) is 10.5 Å². The highest BCUT2D eigenvalue weighted by Gasteiger charge is 2.53. The number of benzene rings is 1. The van der Waals surface area contributed by atoms with E-state index in [2.05, 4.69) is 25.1 Å². The topological polar surface area (TPSA) is 35.2 Å². The van der Waals surface area contributed by atoms with Gasteiger partial charge in [-0.15, -0.1) is 0 Å². The van der Waals surface area contributed by atoms with Gasteiger partial charge in [-0.05, 0) is 74.7 Å². The molecule has 0 amide bonds. The van der Waals surface area contributed by atoms with E-state index < -0.39 is 0 Å². The van der Waals surface area contributed by atoms with Gasteiger partial charge in [-0.2, -0.15) is 0 Å². The van der Waals surface area contributed by atoms with Gasteiger partial charge in [-0.25, -0.2) is 0 Å². The molecule has 21 heavy (non-hydrogen) atoms. The van der Waals surface area contributed by atoms with Gasteiger partial charge in [0.05, 0.1) is 7.11 Å². The summed E-state index contributed by atoms with van der Waals surface area (Å²) in [5, 5.41) is 0. The molecule has 1 aromatic rings. The smallest absolute Gasteiger partial charge is 0.123 e. The molecule has 1 atom stereocenters. The Morgan fingerprint density at radius 2 is 1.67 bits per heavy atom. The predicted molar refractivity (Wildman–Crippen MR) is 85.3 cm³/mol. The Kier molecular flexibility index (Phi) is 3.08. The first-order valence-electron chi connectivity index (χ1n) is 8.50. The maximum absolute atomic E-state index is 6.86. The summed E-state index contributed by atoms with van der Waals surface area (Å²) in [5.41, 5.74) is 9.72. The molecule has 4 saturated carbocycles. The Balaban J connectivity index is 1.71. The molecule has 4 aliphatic carbocycles. The van der Waals surface area contributed by atoms with Crippen molar-refractivity contribution in [2.45, 2.75) is 51.5 Å². The summed E-state index contributed by atoms with van der Waals surface area (Å²) >= 11 is 0. The van der Waals surface area contributed by atoms with Crippen molar-refractivity contribution in [2.24, 2.45) is 28.9 Å². The van der Waals surface area contributed by atoms with Gasteiger partial charge >= 0.3 is 0 Å². The predicted octanol–water partition coefficient (Wildman–Crippen LogP) is 4.22. The average Bonchev–Trinajstić information content (AvgIpc) is 2.45. The standard InChI is InChI=1S/C19H27NO/c1-12-3-4-17(21-2)16(5-12)18(20)19-9-13-6-14(10-19)8-15(7-13)11-19/h3-5,13-15,18H,6-11,20H2,1-2H3. The SMILES string of the molecule is COc1ccc(C)cc1C(N)C12CC3CC(CC(C3)C1)C2. The molecule has 0 radical (unpaired) electrons. The molecule has 4 aliphatic rings. The number of nitrogens with two attached hydrogens (primary N) is 1. The zero-order valence-corrected chi connectivity index (χ0v) is 13.3. The van der Waals surface area contributed by atoms with Crippen molar-refractivity contribution in [3.63, 3.8) is 0 Å². The van der Waals surface area contributed by atoms with Crippen LogP contribution in [0.15, 0.2) is 18.2 Å². The van der Waals surface area contributed by atoms with E-state index in [0.29, 0.717) is 5.41 Å². The van der Waals surface area contributed by atoms with E-state index in [1.54, 1.807) is 7.11 Å². The van der Waals surface area contributed by atoms with Crippen molar-refractivity contribution in [3.8, 4) is 5.75 Å². The van der Waals surface area contributed by atoms with Crippen molar-refractivity contribution in [1.29, 1.82) is 0 Å². The molecule has 1 aromatic carbocycles. The molecule has 5 rings (SSSR count). The summed E-state index contributed by atoms with van der Waals surface area (Å²) < 4.78 is 5.60. The van der Waals surface area contributed by atoms with Crippen molar-refractivity contribution in [3.05, 3.63) is 29.3 Å². The van der Waals surface area contributed by atoms with E-state index in [9.17, 15) is 0 Å². The molecule has 1 unspecified atom stereocenters.